The first-order valence-corrected chi connectivity index (χ1v) is 5.16. The van der Waals surface area contributed by atoms with Crippen LogP contribution in [0.25, 0.3) is 0 Å². The third-order valence-electron chi connectivity index (χ3n) is 2.24. The Kier molecular flexibility index (Phi) is 3.48. The minimum absolute atomic E-state index is 0.244. The number of hydrogen-bond donors (Lipinski definition) is 1. The van der Waals surface area contributed by atoms with Gasteiger partial charge >= 0.3 is 0 Å². The molecule has 88 valence electrons. The molecule has 0 unspecified atom stereocenters. The number of benzene rings is 1. The number of rotatable bonds is 5. The summed E-state index contributed by atoms with van der Waals surface area (Å²) in [6.07, 6.45) is 0. The van der Waals surface area contributed by atoms with Crippen molar-refractivity contribution in [1.82, 2.24) is 5.48 Å². The molecule has 0 fully saturated rings. The van der Waals surface area contributed by atoms with Crippen LogP contribution < -0.4 is 19.7 Å². The maximum atomic E-state index is 5.32. The summed E-state index contributed by atoms with van der Waals surface area (Å²) in [6, 6.07) is 3.82. The highest BCUT2D eigenvalue weighted by atomic mass is 16.7. The highest BCUT2D eigenvalue weighted by molar-refractivity contribution is 5.55. The van der Waals surface area contributed by atoms with Gasteiger partial charge in [-0.15, -0.1) is 0 Å². The first-order chi connectivity index (χ1) is 7.85. The van der Waals surface area contributed by atoms with Crippen LogP contribution >= 0.6 is 0 Å². The summed E-state index contributed by atoms with van der Waals surface area (Å²) < 4.78 is 15.8. The molecule has 0 atom stereocenters. The number of ether oxygens (including phenoxy) is 3. The Morgan fingerprint density at radius 3 is 3.00 bits per heavy atom. The Balaban J connectivity index is 2.14. The topological polar surface area (TPSA) is 49.0 Å². The summed E-state index contributed by atoms with van der Waals surface area (Å²) in [7, 11) is 1.61. The fraction of sp³-hybridized carbons (Fsp3) is 0.455. The molecule has 5 nitrogen and oxygen atoms in total. The fourth-order valence-corrected chi connectivity index (χ4v) is 1.52. The molecular formula is C11H15NO4. The molecule has 2 rings (SSSR count). The molecule has 1 aromatic carbocycles. The summed E-state index contributed by atoms with van der Waals surface area (Å²) in [5, 5.41) is 0. The molecule has 16 heavy (non-hydrogen) atoms. The van der Waals surface area contributed by atoms with E-state index in [1.54, 1.807) is 7.11 Å². The summed E-state index contributed by atoms with van der Waals surface area (Å²) in [5.41, 5.74) is 3.86. The maximum Gasteiger partial charge on any atom is 0.231 e. The van der Waals surface area contributed by atoms with Gasteiger partial charge < -0.3 is 19.0 Å². The molecule has 1 aliphatic rings. The van der Waals surface area contributed by atoms with Crippen LogP contribution in [0, 0.1) is 0 Å². The van der Waals surface area contributed by atoms with Gasteiger partial charge in [-0.05, 0) is 24.6 Å². The Labute approximate surface area is 94.2 Å². The number of methoxy groups -OCH3 is 1. The van der Waals surface area contributed by atoms with E-state index in [0.717, 1.165) is 5.56 Å². The van der Waals surface area contributed by atoms with Crippen LogP contribution in [-0.2, 0) is 11.4 Å². The summed E-state index contributed by atoms with van der Waals surface area (Å²) in [6.45, 7) is 3.39. The van der Waals surface area contributed by atoms with E-state index in [0.29, 0.717) is 30.4 Å². The second-order valence-electron chi connectivity index (χ2n) is 3.29. The van der Waals surface area contributed by atoms with Gasteiger partial charge in [-0.25, -0.2) is 0 Å². The third-order valence-corrected chi connectivity index (χ3v) is 2.24. The predicted molar refractivity (Wildman–Crippen MR) is 57.6 cm³/mol. The lowest BCUT2D eigenvalue weighted by Gasteiger charge is -2.08. The summed E-state index contributed by atoms with van der Waals surface area (Å²) >= 11 is 0. The first-order valence-electron chi connectivity index (χ1n) is 5.16. The maximum absolute atomic E-state index is 5.32. The lowest BCUT2D eigenvalue weighted by atomic mass is 10.2. The third kappa shape index (κ3) is 2.20. The minimum Gasteiger partial charge on any atom is -0.493 e. The normalized spacial score (nSPS) is 12.9. The van der Waals surface area contributed by atoms with Crippen molar-refractivity contribution in [3.8, 4) is 17.2 Å². The zero-order chi connectivity index (χ0) is 11.4. The molecule has 0 radical (unpaired) electrons. The van der Waals surface area contributed by atoms with E-state index in [2.05, 4.69) is 5.48 Å². The molecule has 0 bridgehead atoms. The van der Waals surface area contributed by atoms with Gasteiger partial charge in [0.05, 0.1) is 13.7 Å². The number of nitrogens with one attached hydrogen (secondary N) is 1. The zero-order valence-corrected chi connectivity index (χ0v) is 9.41. The monoisotopic (exact) mass is 225 g/mol. The lowest BCUT2D eigenvalue weighted by molar-refractivity contribution is 0.0463. The van der Waals surface area contributed by atoms with Gasteiger partial charge in [0.1, 0.15) is 0 Å². The molecule has 0 spiro atoms. The second-order valence-corrected chi connectivity index (χ2v) is 3.29. The molecule has 0 aromatic heterocycles. The van der Waals surface area contributed by atoms with Gasteiger partial charge in [0, 0.05) is 6.54 Å². The molecule has 0 saturated heterocycles. The van der Waals surface area contributed by atoms with E-state index in [4.69, 9.17) is 19.0 Å². The van der Waals surface area contributed by atoms with Gasteiger partial charge in [0.15, 0.2) is 11.5 Å². The Morgan fingerprint density at radius 1 is 1.38 bits per heavy atom. The molecule has 0 saturated carbocycles. The predicted octanol–water partition coefficient (Wildman–Crippen LogP) is 1.47. The largest absolute Gasteiger partial charge is 0.493 e. The molecule has 0 aliphatic carbocycles. The summed E-state index contributed by atoms with van der Waals surface area (Å²) in [4.78, 5) is 5.07. The average Bonchev–Trinajstić information content (AvgIpc) is 2.76. The van der Waals surface area contributed by atoms with Crippen LogP contribution in [0.4, 0.5) is 0 Å². The molecule has 1 aliphatic heterocycles. The van der Waals surface area contributed by atoms with E-state index in [-0.39, 0.29) is 6.79 Å². The molecule has 1 N–H and O–H groups in total. The molecular weight excluding hydrogens is 210 g/mol. The van der Waals surface area contributed by atoms with Crippen LogP contribution in [0.1, 0.15) is 12.5 Å². The second kappa shape index (κ2) is 5.05. The highest BCUT2D eigenvalue weighted by Crippen LogP contribution is 2.41. The van der Waals surface area contributed by atoms with Crippen molar-refractivity contribution in [3.05, 3.63) is 17.7 Å². The molecule has 1 aromatic rings. The smallest absolute Gasteiger partial charge is 0.231 e. The van der Waals surface area contributed by atoms with Crippen LogP contribution in [0.3, 0.4) is 0 Å². The molecule has 0 amide bonds. The van der Waals surface area contributed by atoms with Crippen molar-refractivity contribution in [2.45, 2.75) is 13.5 Å². The van der Waals surface area contributed by atoms with Crippen LogP contribution in [-0.4, -0.2) is 20.5 Å². The quantitative estimate of drug-likeness (QED) is 0.607. The van der Waals surface area contributed by atoms with Crippen LogP contribution in [0.2, 0.25) is 0 Å². The van der Waals surface area contributed by atoms with Gasteiger partial charge in [-0.2, -0.15) is 5.48 Å². The Morgan fingerprint density at radius 2 is 2.25 bits per heavy atom. The van der Waals surface area contributed by atoms with Gasteiger partial charge in [-0.3, -0.25) is 0 Å². The van der Waals surface area contributed by atoms with Gasteiger partial charge in [-0.1, -0.05) is 0 Å². The van der Waals surface area contributed by atoms with Crippen molar-refractivity contribution < 1.29 is 19.0 Å². The van der Waals surface area contributed by atoms with Crippen molar-refractivity contribution in [3.63, 3.8) is 0 Å². The highest BCUT2D eigenvalue weighted by Gasteiger charge is 2.19. The van der Waals surface area contributed by atoms with Crippen molar-refractivity contribution in [2.75, 3.05) is 20.5 Å². The molecule has 5 heteroatoms. The first kappa shape index (κ1) is 11.0. The standard InChI is InChI=1S/C11H15NO4/c1-3-16-12-6-8-4-9(13-2)11-10(5-8)14-7-15-11/h4-5,12H,3,6-7H2,1-2H3. The number of hydroxylamine groups is 1. The number of fused-ring (bicyclic) bond motifs is 1. The van der Waals surface area contributed by atoms with E-state index >= 15 is 0 Å². The van der Waals surface area contributed by atoms with Gasteiger partial charge in [0.25, 0.3) is 0 Å². The van der Waals surface area contributed by atoms with E-state index < -0.39 is 0 Å². The van der Waals surface area contributed by atoms with Crippen molar-refractivity contribution in [1.29, 1.82) is 0 Å². The fourth-order valence-electron chi connectivity index (χ4n) is 1.52. The Bertz CT molecular complexity index is 367. The van der Waals surface area contributed by atoms with Crippen LogP contribution in [0.5, 0.6) is 17.2 Å². The average molecular weight is 225 g/mol. The van der Waals surface area contributed by atoms with Gasteiger partial charge in [0.2, 0.25) is 12.5 Å². The Hall–Kier alpha value is -1.46. The van der Waals surface area contributed by atoms with Crippen molar-refractivity contribution >= 4 is 0 Å². The number of hydrogen-bond acceptors (Lipinski definition) is 5. The van der Waals surface area contributed by atoms with Crippen molar-refractivity contribution in [2.24, 2.45) is 0 Å². The SMILES string of the molecule is CCONCc1cc(OC)c2c(c1)OCO2. The lowest BCUT2D eigenvalue weighted by Crippen LogP contribution is -2.13. The minimum atomic E-state index is 0.244. The zero-order valence-electron chi connectivity index (χ0n) is 9.41. The van der Waals surface area contributed by atoms with E-state index in [1.807, 2.05) is 19.1 Å². The van der Waals surface area contributed by atoms with Crippen LogP contribution in [0.15, 0.2) is 12.1 Å². The molecule has 1 heterocycles. The van der Waals surface area contributed by atoms with E-state index in [9.17, 15) is 0 Å². The summed E-state index contributed by atoms with van der Waals surface area (Å²) in [5.74, 6) is 2.07. The van der Waals surface area contributed by atoms with E-state index in [1.165, 1.54) is 0 Å².